The van der Waals surface area contributed by atoms with Crippen molar-refractivity contribution in [2.75, 3.05) is 13.2 Å². The Labute approximate surface area is 135 Å². The zero-order valence-corrected chi connectivity index (χ0v) is 14.5. The number of ether oxygens (including phenoxy) is 1. The molecule has 9 nitrogen and oxygen atoms in total. The summed E-state index contributed by atoms with van der Waals surface area (Å²) in [5.41, 5.74) is -1.24. The lowest BCUT2D eigenvalue weighted by atomic mass is 10.2. The van der Waals surface area contributed by atoms with E-state index in [-0.39, 0.29) is 13.2 Å². The Balaban J connectivity index is 3.46. The van der Waals surface area contributed by atoms with Gasteiger partial charge >= 0.3 is 12.3 Å². The van der Waals surface area contributed by atoms with Gasteiger partial charge in [0.2, 0.25) is 0 Å². The molecule has 136 valence electrons. The van der Waals surface area contributed by atoms with E-state index in [4.69, 9.17) is 14.5 Å². The van der Waals surface area contributed by atoms with Gasteiger partial charge in [0, 0.05) is 0 Å². The Morgan fingerprint density at radius 1 is 0.696 bits per heavy atom. The summed E-state index contributed by atoms with van der Waals surface area (Å²) in [6, 6.07) is 0. The molecule has 0 saturated heterocycles. The van der Waals surface area contributed by atoms with E-state index >= 15 is 0 Å². The fourth-order valence-electron chi connectivity index (χ4n) is 0.864. The topological polar surface area (TPSA) is 98.8 Å². The van der Waals surface area contributed by atoms with E-state index in [1.165, 1.54) is 0 Å². The molecule has 0 aliphatic rings. The molecule has 0 aliphatic carbocycles. The molecule has 0 atom stereocenters. The fraction of sp³-hybridized carbons (Fsp3) is 0.857. The second-order valence-corrected chi connectivity index (χ2v) is 6.52. The predicted octanol–water partition coefficient (Wildman–Crippen LogP) is 3.46. The zero-order chi connectivity index (χ0) is 17.9. The van der Waals surface area contributed by atoms with Crippen LogP contribution in [0.5, 0.6) is 0 Å². The molecule has 0 unspecified atom stereocenters. The summed E-state index contributed by atoms with van der Waals surface area (Å²) in [5, 5.41) is 0. The van der Waals surface area contributed by atoms with Crippen LogP contribution in [0.15, 0.2) is 0 Å². The first-order valence-electron chi connectivity index (χ1n) is 7.21. The van der Waals surface area contributed by atoms with Crippen LogP contribution in [0.25, 0.3) is 0 Å². The van der Waals surface area contributed by atoms with Gasteiger partial charge in [-0.2, -0.15) is 19.5 Å². The molecular weight excluding hydrogens is 312 g/mol. The Hall–Kier alpha value is -1.58. The molecule has 0 rings (SSSR count). The molecule has 0 N–H and O–H groups in total. The molecule has 0 radical (unpaired) electrons. The van der Waals surface area contributed by atoms with Crippen LogP contribution in [0.1, 0.15) is 54.4 Å². The van der Waals surface area contributed by atoms with Crippen molar-refractivity contribution in [1.29, 1.82) is 0 Å². The highest BCUT2D eigenvalue weighted by Crippen LogP contribution is 2.08. The van der Waals surface area contributed by atoms with Crippen molar-refractivity contribution in [3.8, 4) is 0 Å². The number of unbranched alkanes of at least 4 members (excludes halogenated alkanes) is 1. The maximum absolute atomic E-state index is 11.1. The zero-order valence-electron chi connectivity index (χ0n) is 14.5. The summed E-state index contributed by atoms with van der Waals surface area (Å²) in [6.45, 7) is 10.5. The molecule has 0 bridgehead atoms. The van der Waals surface area contributed by atoms with E-state index < -0.39 is 23.5 Å². The van der Waals surface area contributed by atoms with Crippen molar-refractivity contribution in [3.63, 3.8) is 0 Å². The van der Waals surface area contributed by atoms with Crippen molar-refractivity contribution in [2.24, 2.45) is 0 Å². The molecule has 0 heterocycles. The quantitative estimate of drug-likeness (QED) is 0.285. The minimum Gasteiger partial charge on any atom is -0.432 e. The molecule has 0 aromatic carbocycles. The van der Waals surface area contributed by atoms with Crippen molar-refractivity contribution >= 4 is 12.3 Å². The van der Waals surface area contributed by atoms with Crippen LogP contribution in [0, 0.1) is 0 Å². The van der Waals surface area contributed by atoms with Gasteiger partial charge in [0.05, 0.1) is 13.2 Å². The maximum atomic E-state index is 11.1. The van der Waals surface area contributed by atoms with Crippen LogP contribution < -0.4 is 0 Å². The Bertz CT molecular complexity index is 320. The maximum Gasteiger partial charge on any atom is 0.573 e. The van der Waals surface area contributed by atoms with E-state index in [1.807, 2.05) is 0 Å². The lowest BCUT2D eigenvalue weighted by molar-refractivity contribution is -0.350. The highest BCUT2D eigenvalue weighted by Gasteiger charge is 2.17. The summed E-state index contributed by atoms with van der Waals surface area (Å²) in [6.07, 6.45) is -1.04. The van der Waals surface area contributed by atoms with E-state index in [9.17, 15) is 9.59 Å². The average molecular weight is 338 g/mol. The lowest BCUT2D eigenvalue weighted by Crippen LogP contribution is -2.22. The van der Waals surface area contributed by atoms with Crippen LogP contribution in [-0.2, 0) is 34.1 Å². The molecule has 9 heteroatoms. The van der Waals surface area contributed by atoms with Gasteiger partial charge in [0.25, 0.3) is 0 Å². The molecule has 23 heavy (non-hydrogen) atoms. The normalized spacial score (nSPS) is 11.7. The van der Waals surface area contributed by atoms with Crippen LogP contribution >= 0.6 is 0 Å². The van der Waals surface area contributed by atoms with Crippen LogP contribution in [0.4, 0.5) is 9.59 Å². The molecule has 0 aromatic rings. The predicted molar refractivity (Wildman–Crippen MR) is 76.9 cm³/mol. The first-order chi connectivity index (χ1) is 10.5. The van der Waals surface area contributed by atoms with E-state index in [2.05, 4.69) is 19.6 Å². The molecule has 0 aromatic heterocycles. The monoisotopic (exact) mass is 338 g/mol. The minimum atomic E-state index is -1.10. The van der Waals surface area contributed by atoms with Crippen molar-refractivity contribution in [1.82, 2.24) is 0 Å². The lowest BCUT2D eigenvalue weighted by Gasteiger charge is -2.16. The van der Waals surface area contributed by atoms with Crippen molar-refractivity contribution < 1.29 is 43.7 Å². The molecule has 0 spiro atoms. The van der Waals surface area contributed by atoms with Crippen LogP contribution in [0.2, 0.25) is 0 Å². The minimum absolute atomic E-state index is 0.113. The summed E-state index contributed by atoms with van der Waals surface area (Å²) < 4.78 is 4.75. The first kappa shape index (κ1) is 21.4. The van der Waals surface area contributed by atoms with Gasteiger partial charge in [0.15, 0.2) is 0 Å². The van der Waals surface area contributed by atoms with Crippen LogP contribution in [0.3, 0.4) is 0 Å². The average Bonchev–Trinajstić information content (AvgIpc) is 2.40. The summed E-state index contributed by atoms with van der Waals surface area (Å²) in [4.78, 5) is 49.3. The number of hydrogen-bond acceptors (Lipinski definition) is 9. The van der Waals surface area contributed by atoms with Gasteiger partial charge in [-0.05, 0) is 54.4 Å². The Kier molecular flexibility index (Phi) is 9.54. The molecular formula is C14H26O9. The fourth-order valence-corrected chi connectivity index (χ4v) is 0.864. The number of carbonyl (C=O) groups is 2. The first-order valence-corrected chi connectivity index (χ1v) is 7.21. The third-order valence-corrected chi connectivity index (χ3v) is 1.69. The van der Waals surface area contributed by atoms with E-state index in [1.54, 1.807) is 41.5 Å². The highest BCUT2D eigenvalue weighted by atomic mass is 17.3. The van der Waals surface area contributed by atoms with Gasteiger partial charge in [-0.15, -0.1) is 0 Å². The Morgan fingerprint density at radius 2 is 1.17 bits per heavy atom. The van der Waals surface area contributed by atoms with E-state index in [0.29, 0.717) is 12.8 Å². The van der Waals surface area contributed by atoms with Gasteiger partial charge in [-0.3, -0.25) is 14.7 Å². The van der Waals surface area contributed by atoms with Crippen molar-refractivity contribution in [3.05, 3.63) is 0 Å². The Morgan fingerprint density at radius 3 is 1.70 bits per heavy atom. The summed E-state index contributed by atoms with van der Waals surface area (Å²) in [5.74, 6) is 0. The second-order valence-electron chi connectivity index (χ2n) is 6.52. The molecule has 0 fully saturated rings. The third-order valence-electron chi connectivity index (χ3n) is 1.69. The summed E-state index contributed by atoms with van der Waals surface area (Å²) >= 11 is 0. The SMILES string of the molecule is CC(C)(C)OOC(=O)OCCCCOOC(=O)OOC(C)(C)C. The molecule has 0 aliphatic heterocycles. The van der Waals surface area contributed by atoms with Crippen molar-refractivity contribution in [2.45, 2.75) is 65.6 Å². The number of rotatable bonds is 8. The summed E-state index contributed by atoms with van der Waals surface area (Å²) in [7, 11) is 0. The van der Waals surface area contributed by atoms with Crippen LogP contribution in [-0.4, -0.2) is 36.7 Å². The standard InChI is InChI=1S/C14H26O9/c1-13(2,3)22-20-11(15)17-9-7-8-10-18-19-12(16)21-23-14(4,5)6/h7-10H2,1-6H3. The highest BCUT2D eigenvalue weighted by molar-refractivity contribution is 5.59. The van der Waals surface area contributed by atoms with Gasteiger partial charge in [0.1, 0.15) is 11.2 Å². The smallest absolute Gasteiger partial charge is 0.432 e. The molecule has 0 saturated carbocycles. The number of carbonyl (C=O) groups excluding carboxylic acids is 2. The largest absolute Gasteiger partial charge is 0.573 e. The number of hydrogen-bond donors (Lipinski definition) is 0. The van der Waals surface area contributed by atoms with Gasteiger partial charge in [-0.25, -0.2) is 4.79 Å². The second kappa shape index (κ2) is 10.2. The molecule has 0 amide bonds. The van der Waals surface area contributed by atoms with E-state index in [0.717, 1.165) is 0 Å². The van der Waals surface area contributed by atoms with Gasteiger partial charge < -0.3 is 4.74 Å². The third kappa shape index (κ3) is 16.6. The van der Waals surface area contributed by atoms with Gasteiger partial charge in [-0.1, -0.05) is 0 Å².